The zero-order valence-corrected chi connectivity index (χ0v) is 16.1. The highest BCUT2D eigenvalue weighted by Crippen LogP contribution is 2.31. The Labute approximate surface area is 161 Å². The second-order valence-electron chi connectivity index (χ2n) is 6.29. The van der Waals surface area contributed by atoms with Gasteiger partial charge in [-0.25, -0.2) is 9.97 Å². The Morgan fingerprint density at radius 1 is 1.22 bits per heavy atom. The molecule has 1 aliphatic rings. The highest BCUT2D eigenvalue weighted by molar-refractivity contribution is 7.17. The van der Waals surface area contributed by atoms with Gasteiger partial charge in [-0.15, -0.1) is 0 Å². The van der Waals surface area contributed by atoms with Gasteiger partial charge in [0.15, 0.2) is 0 Å². The van der Waals surface area contributed by atoms with Gasteiger partial charge >= 0.3 is 0 Å². The van der Waals surface area contributed by atoms with E-state index in [-0.39, 0.29) is 6.10 Å². The molecule has 10 heteroatoms. The fourth-order valence-electron chi connectivity index (χ4n) is 2.94. The van der Waals surface area contributed by atoms with Crippen LogP contribution in [0.2, 0.25) is 0 Å². The molecule has 9 nitrogen and oxygen atoms in total. The van der Waals surface area contributed by atoms with Gasteiger partial charge in [0.2, 0.25) is 5.95 Å². The summed E-state index contributed by atoms with van der Waals surface area (Å²) in [7, 11) is 3.72. The molecule has 0 amide bonds. The monoisotopic (exact) mass is 386 g/mol. The number of thiazole rings is 1. The molecule has 3 aromatic rings. The summed E-state index contributed by atoms with van der Waals surface area (Å²) in [5.74, 6) is 1.24. The van der Waals surface area contributed by atoms with Gasteiger partial charge in [0, 0.05) is 37.6 Å². The molecular weight excluding hydrogens is 364 g/mol. The van der Waals surface area contributed by atoms with Gasteiger partial charge in [-0.05, 0) is 25.9 Å². The van der Waals surface area contributed by atoms with Crippen LogP contribution in [0.3, 0.4) is 0 Å². The zero-order chi connectivity index (χ0) is 18.6. The first-order chi connectivity index (χ1) is 13.2. The van der Waals surface area contributed by atoms with Gasteiger partial charge in [-0.3, -0.25) is 4.68 Å². The quantitative estimate of drug-likeness (QED) is 0.593. The molecule has 1 aliphatic heterocycles. The van der Waals surface area contributed by atoms with Gasteiger partial charge in [0.25, 0.3) is 5.19 Å². The van der Waals surface area contributed by atoms with Crippen LogP contribution in [0.1, 0.15) is 12.8 Å². The fourth-order valence-corrected chi connectivity index (χ4v) is 3.67. The summed E-state index contributed by atoms with van der Waals surface area (Å²) in [4.78, 5) is 13.3. The first-order valence-corrected chi connectivity index (χ1v) is 9.67. The lowest BCUT2D eigenvalue weighted by molar-refractivity contribution is 0.162. The summed E-state index contributed by atoms with van der Waals surface area (Å²) in [6, 6.07) is 0. The van der Waals surface area contributed by atoms with Crippen LogP contribution in [0.25, 0.3) is 11.1 Å². The molecule has 3 aromatic heterocycles. The van der Waals surface area contributed by atoms with Crippen LogP contribution in [-0.4, -0.2) is 51.0 Å². The number of hydrogen-bond donors (Lipinski definition) is 3. The van der Waals surface area contributed by atoms with E-state index in [0.717, 1.165) is 47.9 Å². The third kappa shape index (κ3) is 4.17. The van der Waals surface area contributed by atoms with Gasteiger partial charge in [-0.2, -0.15) is 10.1 Å². The maximum Gasteiger partial charge on any atom is 0.275 e. The smallest absolute Gasteiger partial charge is 0.275 e. The lowest BCUT2D eigenvalue weighted by atomic mass is 10.1. The van der Waals surface area contributed by atoms with E-state index >= 15 is 0 Å². The van der Waals surface area contributed by atoms with Gasteiger partial charge in [-0.1, -0.05) is 11.3 Å². The van der Waals surface area contributed by atoms with E-state index in [2.05, 4.69) is 36.0 Å². The Morgan fingerprint density at radius 3 is 2.81 bits per heavy atom. The van der Waals surface area contributed by atoms with Crippen LogP contribution < -0.4 is 20.7 Å². The third-order valence-corrected chi connectivity index (χ3v) is 5.12. The van der Waals surface area contributed by atoms with Crippen LogP contribution in [0.4, 0.5) is 16.8 Å². The Morgan fingerprint density at radius 2 is 2.07 bits per heavy atom. The van der Waals surface area contributed by atoms with Gasteiger partial charge in [0.1, 0.15) is 16.9 Å². The Hall–Kier alpha value is -2.72. The number of nitrogens with zero attached hydrogens (tertiary/aromatic N) is 5. The second-order valence-corrected chi connectivity index (χ2v) is 7.28. The molecule has 0 saturated carbocycles. The van der Waals surface area contributed by atoms with Crippen molar-refractivity contribution < 1.29 is 4.74 Å². The SMILES string of the molecule is CNc1nc(Nc2cnc(OC3CCNCC3)s2)ncc1-c1cnn(C)c1. The van der Waals surface area contributed by atoms with E-state index in [1.165, 1.54) is 11.3 Å². The van der Waals surface area contributed by atoms with E-state index in [1.807, 2.05) is 20.3 Å². The van der Waals surface area contributed by atoms with Crippen molar-refractivity contribution in [2.45, 2.75) is 18.9 Å². The normalized spacial score (nSPS) is 14.9. The summed E-state index contributed by atoms with van der Waals surface area (Å²) in [6.07, 6.45) is 9.50. The van der Waals surface area contributed by atoms with E-state index in [9.17, 15) is 0 Å². The lowest BCUT2D eigenvalue weighted by Gasteiger charge is -2.22. The summed E-state index contributed by atoms with van der Waals surface area (Å²) in [5.41, 5.74) is 1.86. The molecule has 0 radical (unpaired) electrons. The number of rotatable bonds is 6. The summed E-state index contributed by atoms with van der Waals surface area (Å²) < 4.78 is 7.71. The third-order valence-electron chi connectivity index (χ3n) is 4.31. The Kier molecular flexibility index (Phi) is 5.16. The predicted molar refractivity (Wildman–Crippen MR) is 106 cm³/mol. The van der Waals surface area contributed by atoms with Crippen LogP contribution in [0.5, 0.6) is 5.19 Å². The van der Waals surface area contributed by atoms with Crippen LogP contribution in [0, 0.1) is 0 Å². The number of hydrogen-bond acceptors (Lipinski definition) is 9. The minimum absolute atomic E-state index is 0.233. The maximum absolute atomic E-state index is 5.96. The molecule has 4 rings (SSSR count). The number of nitrogens with one attached hydrogen (secondary N) is 3. The first-order valence-electron chi connectivity index (χ1n) is 8.85. The molecule has 1 saturated heterocycles. The minimum Gasteiger partial charge on any atom is -0.467 e. The fraction of sp³-hybridized carbons (Fsp3) is 0.412. The molecule has 4 heterocycles. The number of piperidine rings is 1. The summed E-state index contributed by atoms with van der Waals surface area (Å²) >= 11 is 1.46. The molecule has 0 bridgehead atoms. The highest BCUT2D eigenvalue weighted by atomic mass is 32.1. The number of aryl methyl sites for hydroxylation is 1. The minimum atomic E-state index is 0.233. The van der Waals surface area contributed by atoms with Crippen molar-refractivity contribution in [1.29, 1.82) is 0 Å². The van der Waals surface area contributed by atoms with E-state index in [1.54, 1.807) is 23.3 Å². The highest BCUT2D eigenvalue weighted by Gasteiger charge is 2.17. The molecular formula is C17H22N8OS. The van der Waals surface area contributed by atoms with Crippen LogP contribution >= 0.6 is 11.3 Å². The average molecular weight is 386 g/mol. The van der Waals surface area contributed by atoms with E-state index < -0.39 is 0 Å². The topological polar surface area (TPSA) is 102 Å². The van der Waals surface area contributed by atoms with Crippen molar-refractivity contribution in [2.24, 2.45) is 7.05 Å². The maximum atomic E-state index is 5.96. The second kappa shape index (κ2) is 7.89. The standard InChI is InChI=1S/C17H22N8OS/c1-18-15-13(11-7-22-25(2)10-11)8-20-16(24-15)23-14-9-21-17(27-14)26-12-3-5-19-6-4-12/h7-10,12,19H,3-6H2,1-2H3,(H2,18,20,23,24). The molecule has 27 heavy (non-hydrogen) atoms. The molecule has 1 fully saturated rings. The van der Waals surface area contributed by atoms with E-state index in [4.69, 9.17) is 4.74 Å². The number of anilines is 3. The molecule has 0 aromatic carbocycles. The van der Waals surface area contributed by atoms with Crippen molar-refractivity contribution >= 4 is 28.1 Å². The zero-order valence-electron chi connectivity index (χ0n) is 15.3. The molecule has 3 N–H and O–H groups in total. The Balaban J connectivity index is 1.46. The van der Waals surface area contributed by atoms with Crippen molar-refractivity contribution in [1.82, 2.24) is 30.0 Å². The molecule has 0 atom stereocenters. The predicted octanol–water partition coefficient (Wildman–Crippen LogP) is 2.25. The largest absolute Gasteiger partial charge is 0.467 e. The van der Waals surface area contributed by atoms with Crippen molar-refractivity contribution in [3.63, 3.8) is 0 Å². The summed E-state index contributed by atoms with van der Waals surface area (Å²) in [5, 5.41) is 15.4. The number of aromatic nitrogens is 5. The van der Waals surface area contributed by atoms with Crippen molar-refractivity contribution in [2.75, 3.05) is 30.8 Å². The molecule has 0 spiro atoms. The van der Waals surface area contributed by atoms with Crippen molar-refractivity contribution in [3.8, 4) is 16.3 Å². The number of ether oxygens (including phenoxy) is 1. The lowest BCUT2D eigenvalue weighted by Crippen LogP contribution is -2.34. The van der Waals surface area contributed by atoms with E-state index in [0.29, 0.717) is 11.1 Å². The summed E-state index contributed by atoms with van der Waals surface area (Å²) in [6.45, 7) is 1.98. The average Bonchev–Trinajstić information content (AvgIpc) is 3.31. The molecule has 0 unspecified atom stereocenters. The van der Waals surface area contributed by atoms with Gasteiger partial charge < -0.3 is 20.7 Å². The van der Waals surface area contributed by atoms with Crippen LogP contribution in [0.15, 0.2) is 24.8 Å². The first kappa shape index (κ1) is 17.7. The van der Waals surface area contributed by atoms with Crippen molar-refractivity contribution in [3.05, 3.63) is 24.8 Å². The molecule has 142 valence electrons. The molecule has 0 aliphatic carbocycles. The van der Waals surface area contributed by atoms with Crippen LogP contribution in [-0.2, 0) is 7.05 Å². The Bertz CT molecular complexity index is 902. The van der Waals surface area contributed by atoms with Gasteiger partial charge in [0.05, 0.1) is 12.4 Å².